The van der Waals surface area contributed by atoms with Gasteiger partial charge < -0.3 is 5.11 Å². The number of nitrogens with one attached hydrogen (secondary N) is 1. The molecule has 0 saturated heterocycles. The van der Waals surface area contributed by atoms with Gasteiger partial charge in [-0.15, -0.1) is 0 Å². The molecule has 0 radical (unpaired) electrons. The number of aromatic nitrogens is 1. The minimum atomic E-state index is -2.95. The van der Waals surface area contributed by atoms with Crippen molar-refractivity contribution < 1.29 is 13.9 Å². The predicted octanol–water partition coefficient (Wildman–Crippen LogP) is 2.15. The quantitative estimate of drug-likeness (QED) is 0.837. The highest BCUT2D eigenvalue weighted by molar-refractivity contribution is 6.29. The second-order valence-corrected chi connectivity index (χ2v) is 4.59. The van der Waals surface area contributed by atoms with E-state index >= 15 is 0 Å². The summed E-state index contributed by atoms with van der Waals surface area (Å²) in [5, 5.41) is 19.9. The predicted molar refractivity (Wildman–Crippen MR) is 69.0 cm³/mol. The standard InChI is InChI=1S/C12H11ClF2N4O/c1-6-4-7(5-16)18-19(6)12-8(10(20)11(14)15)2-3-9(13)17-12/h2-4,7,10-11,18,20H,1H3. The van der Waals surface area contributed by atoms with Crippen LogP contribution in [0.4, 0.5) is 14.6 Å². The van der Waals surface area contributed by atoms with Crippen molar-refractivity contribution in [3.05, 3.63) is 34.6 Å². The number of hydrazine groups is 1. The van der Waals surface area contributed by atoms with Crippen LogP contribution in [0.5, 0.6) is 0 Å². The molecular formula is C12H11ClF2N4O. The molecular weight excluding hydrogens is 290 g/mol. The Labute approximate surface area is 119 Å². The Bertz CT molecular complexity index is 587. The highest BCUT2D eigenvalue weighted by Crippen LogP contribution is 2.32. The van der Waals surface area contributed by atoms with Gasteiger partial charge in [-0.2, -0.15) is 5.26 Å². The Morgan fingerprint density at radius 3 is 2.80 bits per heavy atom. The molecule has 8 heteroatoms. The highest BCUT2D eigenvalue weighted by Gasteiger charge is 2.29. The Morgan fingerprint density at radius 1 is 1.55 bits per heavy atom. The monoisotopic (exact) mass is 300 g/mol. The topological polar surface area (TPSA) is 72.2 Å². The van der Waals surface area contributed by atoms with Gasteiger partial charge in [0, 0.05) is 11.3 Å². The highest BCUT2D eigenvalue weighted by atomic mass is 35.5. The van der Waals surface area contributed by atoms with E-state index in [1.54, 1.807) is 13.0 Å². The number of aliphatic hydroxyl groups excluding tert-OH is 1. The van der Waals surface area contributed by atoms with Crippen molar-refractivity contribution in [3.8, 4) is 6.07 Å². The minimum Gasteiger partial charge on any atom is -0.382 e. The van der Waals surface area contributed by atoms with Gasteiger partial charge in [-0.3, -0.25) is 5.01 Å². The summed E-state index contributed by atoms with van der Waals surface area (Å²) >= 11 is 5.78. The molecule has 2 N–H and O–H groups in total. The first-order valence-electron chi connectivity index (χ1n) is 5.71. The maximum Gasteiger partial charge on any atom is 0.268 e. The molecule has 106 valence electrons. The summed E-state index contributed by atoms with van der Waals surface area (Å²) in [7, 11) is 0. The normalized spacial score (nSPS) is 19.9. The Kier molecular flexibility index (Phi) is 4.18. The molecule has 0 aliphatic carbocycles. The van der Waals surface area contributed by atoms with Crippen LogP contribution in [0.15, 0.2) is 23.9 Å². The lowest BCUT2D eigenvalue weighted by atomic mass is 10.1. The van der Waals surface area contributed by atoms with Crippen LogP contribution in [-0.2, 0) is 0 Å². The summed E-state index contributed by atoms with van der Waals surface area (Å²) in [6, 6.07) is 4.00. The number of pyridine rings is 1. The summed E-state index contributed by atoms with van der Waals surface area (Å²) in [5.74, 6) is 0.0526. The van der Waals surface area contributed by atoms with E-state index < -0.39 is 18.6 Å². The fourth-order valence-electron chi connectivity index (χ4n) is 1.87. The Morgan fingerprint density at radius 2 is 2.25 bits per heavy atom. The van der Waals surface area contributed by atoms with E-state index in [0.717, 1.165) is 0 Å². The van der Waals surface area contributed by atoms with E-state index in [4.69, 9.17) is 16.9 Å². The molecule has 2 rings (SSSR count). The number of halogens is 3. The third-order valence-electron chi connectivity index (χ3n) is 2.81. The number of rotatable bonds is 3. The molecule has 0 saturated carbocycles. The number of nitrogens with zero attached hydrogens (tertiary/aromatic N) is 3. The van der Waals surface area contributed by atoms with Gasteiger partial charge in [0.1, 0.15) is 17.3 Å². The van der Waals surface area contributed by atoms with Crippen molar-refractivity contribution in [2.24, 2.45) is 0 Å². The van der Waals surface area contributed by atoms with Crippen LogP contribution in [0.2, 0.25) is 5.15 Å². The molecule has 0 aromatic carbocycles. The van der Waals surface area contributed by atoms with Crippen molar-refractivity contribution >= 4 is 17.4 Å². The number of alkyl halides is 2. The molecule has 20 heavy (non-hydrogen) atoms. The Hall–Kier alpha value is -1.75. The van der Waals surface area contributed by atoms with Gasteiger partial charge in [-0.05, 0) is 25.1 Å². The van der Waals surface area contributed by atoms with E-state index in [0.29, 0.717) is 5.70 Å². The van der Waals surface area contributed by atoms with Crippen LogP contribution in [-0.4, -0.2) is 22.6 Å². The molecule has 1 aliphatic rings. The summed E-state index contributed by atoms with van der Waals surface area (Å²) in [4.78, 5) is 3.96. The lowest BCUT2D eigenvalue weighted by Gasteiger charge is -2.24. The zero-order chi connectivity index (χ0) is 14.9. The van der Waals surface area contributed by atoms with Crippen molar-refractivity contribution in [2.75, 3.05) is 5.01 Å². The van der Waals surface area contributed by atoms with E-state index in [9.17, 15) is 13.9 Å². The number of hydrogen-bond acceptors (Lipinski definition) is 5. The first-order valence-corrected chi connectivity index (χ1v) is 6.09. The van der Waals surface area contributed by atoms with Crippen molar-refractivity contribution in [1.82, 2.24) is 10.4 Å². The maximum absolute atomic E-state index is 12.7. The molecule has 2 heterocycles. The molecule has 0 bridgehead atoms. The lowest BCUT2D eigenvalue weighted by Crippen LogP contribution is -2.37. The van der Waals surface area contributed by atoms with Gasteiger partial charge in [-0.25, -0.2) is 19.2 Å². The van der Waals surface area contributed by atoms with Crippen LogP contribution >= 0.6 is 11.6 Å². The van der Waals surface area contributed by atoms with Crippen LogP contribution in [0, 0.1) is 11.3 Å². The van der Waals surface area contributed by atoms with Crippen molar-refractivity contribution in [1.29, 1.82) is 5.26 Å². The molecule has 1 aromatic heterocycles. The maximum atomic E-state index is 12.7. The van der Waals surface area contributed by atoms with Gasteiger partial charge in [0.2, 0.25) is 0 Å². The van der Waals surface area contributed by atoms with Crippen molar-refractivity contribution in [2.45, 2.75) is 25.5 Å². The van der Waals surface area contributed by atoms with Crippen LogP contribution in [0.1, 0.15) is 18.6 Å². The van der Waals surface area contributed by atoms with E-state index in [1.807, 2.05) is 6.07 Å². The number of anilines is 1. The van der Waals surface area contributed by atoms with Gasteiger partial charge in [0.25, 0.3) is 6.43 Å². The van der Waals surface area contributed by atoms with E-state index in [2.05, 4.69) is 10.4 Å². The first-order chi connectivity index (χ1) is 9.43. The fourth-order valence-corrected chi connectivity index (χ4v) is 2.01. The second-order valence-electron chi connectivity index (χ2n) is 4.21. The van der Waals surface area contributed by atoms with E-state index in [1.165, 1.54) is 17.1 Å². The SMILES string of the molecule is CC1=CC(C#N)NN1c1nc(Cl)ccc1C(O)C(F)F. The largest absolute Gasteiger partial charge is 0.382 e. The number of allylic oxidation sites excluding steroid dienone is 1. The smallest absolute Gasteiger partial charge is 0.268 e. The number of nitriles is 1. The summed E-state index contributed by atoms with van der Waals surface area (Å²) in [5.41, 5.74) is 3.31. The Balaban J connectivity index is 2.44. The van der Waals surface area contributed by atoms with Crippen LogP contribution in [0.25, 0.3) is 0 Å². The molecule has 2 unspecified atom stereocenters. The molecule has 0 amide bonds. The van der Waals surface area contributed by atoms with Crippen LogP contribution < -0.4 is 10.4 Å². The van der Waals surface area contributed by atoms with Gasteiger partial charge in [-0.1, -0.05) is 11.6 Å². The van der Waals surface area contributed by atoms with Crippen LogP contribution in [0.3, 0.4) is 0 Å². The second kappa shape index (κ2) is 5.71. The molecule has 0 fully saturated rings. The molecule has 1 aliphatic heterocycles. The first kappa shape index (κ1) is 14.7. The third kappa shape index (κ3) is 2.72. The number of hydrogen-bond donors (Lipinski definition) is 2. The minimum absolute atomic E-state index is 0.0526. The van der Waals surface area contributed by atoms with Gasteiger partial charge in [0.05, 0.1) is 6.07 Å². The average molecular weight is 301 g/mol. The molecule has 1 aromatic rings. The van der Waals surface area contributed by atoms with E-state index in [-0.39, 0.29) is 16.5 Å². The zero-order valence-corrected chi connectivity index (χ0v) is 11.1. The van der Waals surface area contributed by atoms with Gasteiger partial charge >= 0.3 is 0 Å². The molecule has 5 nitrogen and oxygen atoms in total. The fraction of sp³-hybridized carbons (Fsp3) is 0.333. The summed E-state index contributed by atoms with van der Waals surface area (Å²) in [6.45, 7) is 1.69. The third-order valence-corrected chi connectivity index (χ3v) is 3.02. The lowest BCUT2D eigenvalue weighted by molar-refractivity contribution is -0.00569. The van der Waals surface area contributed by atoms with Gasteiger partial charge in [0.15, 0.2) is 5.82 Å². The average Bonchev–Trinajstić information content (AvgIpc) is 2.79. The molecule has 0 spiro atoms. The van der Waals surface area contributed by atoms with Crippen molar-refractivity contribution in [3.63, 3.8) is 0 Å². The summed E-state index contributed by atoms with van der Waals surface area (Å²) < 4.78 is 25.4. The zero-order valence-electron chi connectivity index (χ0n) is 10.4. The molecule has 2 atom stereocenters. The number of aliphatic hydroxyl groups is 1. The summed E-state index contributed by atoms with van der Waals surface area (Å²) in [6.07, 6.45) is -3.32.